The summed E-state index contributed by atoms with van der Waals surface area (Å²) in [5.41, 5.74) is 2.09. The van der Waals surface area contributed by atoms with Crippen LogP contribution in [-0.2, 0) is 0 Å². The quantitative estimate of drug-likeness (QED) is 0.452. The van der Waals surface area contributed by atoms with E-state index in [2.05, 4.69) is 14.9 Å². The first-order valence-electron chi connectivity index (χ1n) is 10.1. The van der Waals surface area contributed by atoms with Gasteiger partial charge < -0.3 is 4.90 Å². The molecule has 2 fully saturated rings. The van der Waals surface area contributed by atoms with E-state index in [1.165, 1.54) is 50.3 Å². The lowest BCUT2D eigenvalue weighted by Crippen LogP contribution is -2.39. The van der Waals surface area contributed by atoms with Gasteiger partial charge in [0, 0.05) is 18.0 Å². The summed E-state index contributed by atoms with van der Waals surface area (Å²) in [6.07, 6.45) is 10.0. The third-order valence-corrected chi connectivity index (χ3v) is 8.24. The number of rotatable bonds is 3. The summed E-state index contributed by atoms with van der Waals surface area (Å²) in [4.78, 5) is 17.4. The highest BCUT2D eigenvalue weighted by molar-refractivity contribution is 7.99. The molecule has 150 valence electrons. The summed E-state index contributed by atoms with van der Waals surface area (Å²) in [6, 6.07) is 9.56. The Bertz CT molecular complexity index is 1040. The van der Waals surface area contributed by atoms with Gasteiger partial charge in [-0.2, -0.15) is 0 Å². The Kier molecular flexibility index (Phi) is 5.31. The largest absolute Gasteiger partial charge is 0.355 e. The molecule has 0 N–H and O–H groups in total. The molecule has 29 heavy (non-hydrogen) atoms. The number of nitrogens with zero attached hydrogens (tertiary/aromatic N) is 4. The average molecular weight is 445 g/mol. The van der Waals surface area contributed by atoms with Crippen LogP contribution in [0.15, 0.2) is 46.5 Å². The minimum atomic E-state index is 0.544. The Labute approximate surface area is 185 Å². The van der Waals surface area contributed by atoms with E-state index in [0.29, 0.717) is 21.1 Å². The van der Waals surface area contributed by atoms with E-state index in [9.17, 15) is 0 Å². The zero-order chi connectivity index (χ0) is 19.8. The average Bonchev–Trinajstić information content (AvgIpc) is 3.19. The maximum Gasteiger partial charge on any atom is 0.179 e. The number of pyridine rings is 1. The van der Waals surface area contributed by atoms with Crippen molar-refractivity contribution in [3.8, 4) is 0 Å². The van der Waals surface area contributed by atoms with Crippen LogP contribution in [0.25, 0.3) is 11.2 Å². The van der Waals surface area contributed by atoms with Gasteiger partial charge in [-0.3, -0.25) is 0 Å². The second-order valence-electron chi connectivity index (χ2n) is 8.07. The van der Waals surface area contributed by atoms with Crippen LogP contribution in [0.2, 0.25) is 10.0 Å². The van der Waals surface area contributed by atoms with Gasteiger partial charge in [0.05, 0.1) is 16.2 Å². The van der Waals surface area contributed by atoms with Gasteiger partial charge in [-0.15, -0.1) is 0 Å². The van der Waals surface area contributed by atoms with Gasteiger partial charge in [-0.25, -0.2) is 15.0 Å². The maximum atomic E-state index is 6.30. The lowest BCUT2D eigenvalue weighted by Gasteiger charge is -2.39. The molecular weight excluding hydrogens is 423 g/mol. The third-order valence-electron chi connectivity index (χ3n) is 6.31. The Morgan fingerprint density at radius 2 is 1.72 bits per heavy atom. The van der Waals surface area contributed by atoms with Crippen molar-refractivity contribution in [3.05, 3.63) is 46.6 Å². The van der Waals surface area contributed by atoms with Crippen LogP contribution in [0.4, 0.5) is 5.82 Å². The molecule has 1 saturated heterocycles. The second kappa shape index (κ2) is 7.93. The fourth-order valence-corrected chi connectivity index (χ4v) is 5.91. The molecule has 1 aromatic carbocycles. The zero-order valence-corrected chi connectivity index (χ0v) is 18.4. The predicted octanol–water partition coefficient (Wildman–Crippen LogP) is 6.64. The predicted molar refractivity (Wildman–Crippen MR) is 120 cm³/mol. The van der Waals surface area contributed by atoms with Gasteiger partial charge in [-0.05, 0) is 55.4 Å². The lowest BCUT2D eigenvalue weighted by atomic mass is 9.77. The summed E-state index contributed by atoms with van der Waals surface area (Å²) < 4.78 is 0. The number of benzene rings is 1. The van der Waals surface area contributed by atoms with E-state index in [0.717, 1.165) is 34.3 Å². The van der Waals surface area contributed by atoms with Crippen LogP contribution in [-0.4, -0.2) is 28.0 Å². The molecular formula is C22H22Cl2N4S. The Morgan fingerprint density at radius 1 is 0.931 bits per heavy atom. The van der Waals surface area contributed by atoms with Crippen molar-refractivity contribution in [1.29, 1.82) is 0 Å². The van der Waals surface area contributed by atoms with E-state index >= 15 is 0 Å². The summed E-state index contributed by atoms with van der Waals surface area (Å²) in [5.74, 6) is 0.963. The highest BCUT2D eigenvalue weighted by Crippen LogP contribution is 2.46. The van der Waals surface area contributed by atoms with Crippen molar-refractivity contribution in [2.75, 3.05) is 18.0 Å². The normalized spacial score (nSPS) is 18.6. The minimum absolute atomic E-state index is 0.544. The molecule has 0 unspecified atom stereocenters. The first-order chi connectivity index (χ1) is 14.1. The number of hydrogen-bond acceptors (Lipinski definition) is 5. The van der Waals surface area contributed by atoms with Crippen LogP contribution >= 0.6 is 35.0 Å². The standard InChI is InChI=1S/C22H22Cl2N4S/c23-15-4-3-5-17(20(15)24)29-19-7-6-16-21(27-19)25-14-18(26-16)28-12-10-22(11-13-28)8-1-2-9-22/h3-7,14H,1-2,8-13H2. The number of hydrogen-bond donors (Lipinski definition) is 0. The first-order valence-corrected chi connectivity index (χ1v) is 11.7. The van der Waals surface area contributed by atoms with E-state index in [4.69, 9.17) is 28.2 Å². The van der Waals surface area contributed by atoms with Gasteiger partial charge >= 0.3 is 0 Å². The molecule has 0 bridgehead atoms. The maximum absolute atomic E-state index is 6.30. The van der Waals surface area contributed by atoms with Crippen LogP contribution < -0.4 is 4.90 Å². The van der Waals surface area contributed by atoms with E-state index in [-0.39, 0.29) is 0 Å². The third kappa shape index (κ3) is 3.92. The molecule has 1 spiro atoms. The topological polar surface area (TPSA) is 41.9 Å². The first kappa shape index (κ1) is 19.4. The molecule has 0 radical (unpaired) electrons. The number of anilines is 1. The smallest absolute Gasteiger partial charge is 0.179 e. The Balaban J connectivity index is 1.34. The molecule has 7 heteroatoms. The fraction of sp³-hybridized carbons (Fsp3) is 0.409. The van der Waals surface area contributed by atoms with Gasteiger partial charge in [0.1, 0.15) is 16.4 Å². The van der Waals surface area contributed by atoms with Crippen molar-refractivity contribution in [1.82, 2.24) is 15.0 Å². The highest BCUT2D eigenvalue weighted by Gasteiger charge is 2.37. The highest BCUT2D eigenvalue weighted by atomic mass is 35.5. The van der Waals surface area contributed by atoms with Gasteiger partial charge in [0.2, 0.25) is 0 Å². The molecule has 1 aliphatic heterocycles. The van der Waals surface area contributed by atoms with Gasteiger partial charge in [0.25, 0.3) is 0 Å². The molecule has 5 rings (SSSR count). The van der Waals surface area contributed by atoms with E-state index in [1.54, 1.807) is 6.07 Å². The van der Waals surface area contributed by atoms with E-state index in [1.807, 2.05) is 30.5 Å². The van der Waals surface area contributed by atoms with Gasteiger partial charge in [-0.1, -0.05) is 53.9 Å². The van der Waals surface area contributed by atoms with Crippen molar-refractivity contribution in [2.45, 2.75) is 48.4 Å². The van der Waals surface area contributed by atoms with Crippen molar-refractivity contribution in [3.63, 3.8) is 0 Å². The molecule has 2 aromatic heterocycles. The molecule has 4 nitrogen and oxygen atoms in total. The van der Waals surface area contributed by atoms with Crippen molar-refractivity contribution in [2.24, 2.45) is 5.41 Å². The Morgan fingerprint density at radius 3 is 2.52 bits per heavy atom. The molecule has 2 aliphatic rings. The summed E-state index contributed by atoms with van der Waals surface area (Å²) in [5, 5.41) is 1.92. The molecule has 0 atom stereocenters. The van der Waals surface area contributed by atoms with Crippen LogP contribution in [0, 0.1) is 5.41 Å². The number of halogens is 2. The van der Waals surface area contributed by atoms with Gasteiger partial charge in [0.15, 0.2) is 5.65 Å². The van der Waals surface area contributed by atoms with Crippen LogP contribution in [0.1, 0.15) is 38.5 Å². The van der Waals surface area contributed by atoms with Crippen LogP contribution in [0.5, 0.6) is 0 Å². The number of piperidine rings is 1. The monoisotopic (exact) mass is 444 g/mol. The molecule has 3 aromatic rings. The molecule has 1 saturated carbocycles. The second-order valence-corrected chi connectivity index (χ2v) is 9.92. The molecule has 0 amide bonds. The lowest BCUT2D eigenvalue weighted by molar-refractivity contribution is 0.226. The Hall–Kier alpha value is -1.56. The SMILES string of the molecule is Clc1cccc(Sc2ccc3nc(N4CCC5(CCCC5)CC4)cnc3n2)c1Cl. The van der Waals surface area contributed by atoms with Crippen LogP contribution in [0.3, 0.4) is 0 Å². The number of aromatic nitrogens is 3. The molecule has 1 aliphatic carbocycles. The minimum Gasteiger partial charge on any atom is -0.355 e. The summed E-state index contributed by atoms with van der Waals surface area (Å²) in [6.45, 7) is 2.16. The summed E-state index contributed by atoms with van der Waals surface area (Å²) >= 11 is 13.9. The van der Waals surface area contributed by atoms with E-state index < -0.39 is 0 Å². The zero-order valence-electron chi connectivity index (χ0n) is 16.1. The van der Waals surface area contributed by atoms with Crippen molar-refractivity contribution >= 4 is 51.9 Å². The summed E-state index contributed by atoms with van der Waals surface area (Å²) in [7, 11) is 0. The fourth-order valence-electron chi connectivity index (χ4n) is 4.60. The van der Waals surface area contributed by atoms with Crippen molar-refractivity contribution < 1.29 is 0 Å². The molecule has 3 heterocycles. The number of fused-ring (bicyclic) bond motifs is 1.